The van der Waals surface area contributed by atoms with Crippen LogP contribution in [0.3, 0.4) is 0 Å². The molecular weight excluding hydrogens is 641 g/mol. The predicted octanol–water partition coefficient (Wildman–Crippen LogP) is 6.55. The Balaban J connectivity index is 1.85. The largest absolute Gasteiger partial charge is 0.495 e. The average molecular weight is 680 g/mol. The van der Waals surface area contributed by atoms with Crippen LogP contribution in [0.4, 0.5) is 10.1 Å². The van der Waals surface area contributed by atoms with Crippen LogP contribution < -0.4 is 14.4 Å². The first-order valence-corrected chi connectivity index (χ1v) is 17.1. The lowest BCUT2D eigenvalue weighted by Crippen LogP contribution is -2.54. The van der Waals surface area contributed by atoms with E-state index in [0.717, 1.165) is 15.4 Å². The molecule has 8 nitrogen and oxygen atoms in total. The SMILES string of the molecule is CC[C@H](C)NC(=O)[C@@H](Cc1ccccc1)N(Cc1ccc(F)cc1)C(=O)CN(c1cc(Cl)ccc1OC)S(=O)(=O)c1ccc(C)cc1. The molecule has 2 amide bonds. The number of aryl methyl sites for hydroxylation is 1. The number of anilines is 1. The van der Waals surface area contributed by atoms with Gasteiger partial charge in [-0.3, -0.25) is 13.9 Å². The van der Waals surface area contributed by atoms with E-state index in [0.29, 0.717) is 12.0 Å². The number of benzene rings is 4. The predicted molar refractivity (Wildman–Crippen MR) is 182 cm³/mol. The number of sulfonamides is 1. The molecule has 2 atom stereocenters. The first-order chi connectivity index (χ1) is 22.4. The fourth-order valence-electron chi connectivity index (χ4n) is 4.99. The van der Waals surface area contributed by atoms with E-state index in [4.69, 9.17) is 16.3 Å². The molecule has 0 unspecified atom stereocenters. The van der Waals surface area contributed by atoms with E-state index in [1.165, 1.54) is 60.5 Å². The van der Waals surface area contributed by atoms with Crippen LogP contribution in [0.15, 0.2) is 102 Å². The number of carbonyl (C=O) groups is 2. The summed E-state index contributed by atoms with van der Waals surface area (Å²) in [5, 5.41) is 3.22. The number of carbonyl (C=O) groups excluding carboxylic acids is 2. The summed E-state index contributed by atoms with van der Waals surface area (Å²) in [5.41, 5.74) is 2.27. The van der Waals surface area contributed by atoms with Crippen molar-refractivity contribution in [2.24, 2.45) is 0 Å². The van der Waals surface area contributed by atoms with E-state index in [-0.39, 0.29) is 40.4 Å². The zero-order chi connectivity index (χ0) is 34.1. The van der Waals surface area contributed by atoms with Gasteiger partial charge in [0.05, 0.1) is 17.7 Å². The standard InChI is InChI=1S/C36H39ClFN3O5S/c1-5-26(3)39-36(43)33(21-27-9-7-6-8-10-27)40(23-28-13-16-30(38)17-14-28)35(42)24-41(32-22-29(37)15-20-34(32)46-4)47(44,45)31-18-11-25(2)12-19-31/h6-20,22,26,33H,5,21,23-24H2,1-4H3,(H,39,43)/t26-,33+/m0/s1. The molecule has 0 bridgehead atoms. The highest BCUT2D eigenvalue weighted by molar-refractivity contribution is 7.92. The number of halogens is 2. The normalized spacial score (nSPS) is 12.6. The van der Waals surface area contributed by atoms with Gasteiger partial charge in [0.2, 0.25) is 11.8 Å². The van der Waals surface area contributed by atoms with Crippen LogP contribution in [-0.4, -0.2) is 50.9 Å². The van der Waals surface area contributed by atoms with E-state index in [9.17, 15) is 22.4 Å². The molecule has 0 aromatic heterocycles. The van der Waals surface area contributed by atoms with E-state index in [1.807, 2.05) is 51.1 Å². The highest BCUT2D eigenvalue weighted by Crippen LogP contribution is 2.35. The Hall–Kier alpha value is -4.41. The smallest absolute Gasteiger partial charge is 0.264 e. The van der Waals surface area contributed by atoms with Crippen molar-refractivity contribution in [2.75, 3.05) is 18.0 Å². The summed E-state index contributed by atoms with van der Waals surface area (Å²) < 4.78 is 48.9. The van der Waals surface area contributed by atoms with Crippen molar-refractivity contribution in [3.8, 4) is 5.75 Å². The fraction of sp³-hybridized carbons (Fsp3) is 0.278. The highest BCUT2D eigenvalue weighted by Gasteiger charge is 2.36. The van der Waals surface area contributed by atoms with Gasteiger partial charge in [-0.1, -0.05) is 78.7 Å². The van der Waals surface area contributed by atoms with Crippen LogP contribution in [0.25, 0.3) is 0 Å². The van der Waals surface area contributed by atoms with E-state index in [2.05, 4.69) is 5.32 Å². The second kappa shape index (κ2) is 15.9. The van der Waals surface area contributed by atoms with Gasteiger partial charge in [-0.15, -0.1) is 0 Å². The molecule has 0 saturated heterocycles. The molecule has 0 spiro atoms. The molecule has 4 rings (SSSR count). The zero-order valence-electron chi connectivity index (χ0n) is 26.8. The van der Waals surface area contributed by atoms with Gasteiger partial charge in [0, 0.05) is 24.0 Å². The molecule has 47 heavy (non-hydrogen) atoms. The third-order valence-corrected chi connectivity index (χ3v) is 9.84. The number of rotatable bonds is 14. The summed E-state index contributed by atoms with van der Waals surface area (Å²) in [5.74, 6) is -1.33. The zero-order valence-corrected chi connectivity index (χ0v) is 28.4. The summed E-state index contributed by atoms with van der Waals surface area (Å²) in [6.45, 7) is 4.86. The summed E-state index contributed by atoms with van der Waals surface area (Å²) in [6.07, 6.45) is 0.814. The summed E-state index contributed by atoms with van der Waals surface area (Å²) in [6, 6.07) is 24.4. The Morgan fingerprint density at radius 3 is 2.21 bits per heavy atom. The van der Waals surface area contributed by atoms with Gasteiger partial charge in [0.1, 0.15) is 24.2 Å². The maximum Gasteiger partial charge on any atom is 0.264 e. The van der Waals surface area contributed by atoms with E-state index in [1.54, 1.807) is 18.2 Å². The Kier molecular flexibility index (Phi) is 12.0. The third kappa shape index (κ3) is 9.11. The van der Waals surface area contributed by atoms with Crippen molar-refractivity contribution >= 4 is 39.1 Å². The van der Waals surface area contributed by atoms with Crippen molar-refractivity contribution in [2.45, 2.75) is 57.1 Å². The number of methoxy groups -OCH3 is 1. The monoisotopic (exact) mass is 679 g/mol. The van der Waals surface area contributed by atoms with E-state index < -0.39 is 40.2 Å². The lowest BCUT2D eigenvalue weighted by Gasteiger charge is -2.34. The molecular formula is C36H39ClFN3O5S. The van der Waals surface area contributed by atoms with Crippen molar-refractivity contribution < 1.29 is 27.1 Å². The van der Waals surface area contributed by atoms with Gasteiger partial charge < -0.3 is 15.0 Å². The van der Waals surface area contributed by atoms with Crippen LogP contribution in [0.1, 0.15) is 37.0 Å². The minimum Gasteiger partial charge on any atom is -0.495 e. The number of nitrogens with zero attached hydrogens (tertiary/aromatic N) is 2. The molecule has 0 radical (unpaired) electrons. The summed E-state index contributed by atoms with van der Waals surface area (Å²) in [7, 11) is -2.97. The molecule has 0 aliphatic rings. The average Bonchev–Trinajstić information content (AvgIpc) is 3.06. The van der Waals surface area contributed by atoms with Crippen LogP contribution in [0, 0.1) is 12.7 Å². The Labute approximate surface area is 281 Å². The van der Waals surface area contributed by atoms with Crippen LogP contribution in [0.5, 0.6) is 5.75 Å². The number of hydrogen-bond donors (Lipinski definition) is 1. The lowest BCUT2D eigenvalue weighted by atomic mass is 10.0. The van der Waals surface area contributed by atoms with Gasteiger partial charge in [-0.2, -0.15) is 0 Å². The highest BCUT2D eigenvalue weighted by atomic mass is 35.5. The van der Waals surface area contributed by atoms with Gasteiger partial charge in [0.25, 0.3) is 10.0 Å². The lowest BCUT2D eigenvalue weighted by molar-refractivity contribution is -0.140. The third-order valence-electron chi connectivity index (χ3n) is 7.84. The quantitative estimate of drug-likeness (QED) is 0.163. The number of ether oxygens (including phenoxy) is 1. The van der Waals surface area contributed by atoms with Crippen molar-refractivity contribution in [3.63, 3.8) is 0 Å². The Morgan fingerprint density at radius 1 is 0.936 bits per heavy atom. The van der Waals surface area contributed by atoms with Crippen LogP contribution in [0.2, 0.25) is 5.02 Å². The fourth-order valence-corrected chi connectivity index (χ4v) is 6.57. The molecule has 0 saturated carbocycles. The van der Waals surface area contributed by atoms with Crippen molar-refractivity contribution in [1.29, 1.82) is 0 Å². The minimum atomic E-state index is -4.36. The minimum absolute atomic E-state index is 0.0432. The number of nitrogens with one attached hydrogen (secondary N) is 1. The van der Waals surface area contributed by atoms with Gasteiger partial charge in [-0.25, -0.2) is 12.8 Å². The van der Waals surface area contributed by atoms with Crippen molar-refractivity contribution in [1.82, 2.24) is 10.2 Å². The number of amides is 2. The second-order valence-corrected chi connectivity index (χ2v) is 13.6. The van der Waals surface area contributed by atoms with Gasteiger partial charge in [0.15, 0.2) is 0 Å². The number of hydrogen-bond acceptors (Lipinski definition) is 5. The Bertz CT molecular complexity index is 1770. The topological polar surface area (TPSA) is 96.0 Å². The molecule has 0 heterocycles. The molecule has 248 valence electrons. The second-order valence-electron chi connectivity index (χ2n) is 11.3. The first kappa shape index (κ1) is 35.4. The van der Waals surface area contributed by atoms with Gasteiger partial charge in [-0.05, 0) is 73.9 Å². The van der Waals surface area contributed by atoms with Gasteiger partial charge >= 0.3 is 0 Å². The maximum absolute atomic E-state index is 14.6. The molecule has 0 fully saturated rings. The molecule has 4 aromatic rings. The molecule has 11 heteroatoms. The van der Waals surface area contributed by atoms with E-state index >= 15 is 0 Å². The Morgan fingerprint density at radius 2 is 1.60 bits per heavy atom. The molecule has 4 aromatic carbocycles. The summed E-state index contributed by atoms with van der Waals surface area (Å²) >= 11 is 6.34. The van der Waals surface area contributed by atoms with Crippen molar-refractivity contribution in [3.05, 3.63) is 125 Å². The van der Waals surface area contributed by atoms with Crippen LogP contribution >= 0.6 is 11.6 Å². The molecule has 0 aliphatic heterocycles. The molecule has 1 N–H and O–H groups in total. The maximum atomic E-state index is 14.6. The first-order valence-electron chi connectivity index (χ1n) is 15.2. The summed E-state index contributed by atoms with van der Waals surface area (Å²) in [4.78, 5) is 29.8. The van der Waals surface area contributed by atoms with Crippen LogP contribution in [-0.2, 0) is 32.6 Å². The molecule has 0 aliphatic carbocycles.